The number of piperidine rings is 1. The topological polar surface area (TPSA) is 114 Å². The highest BCUT2D eigenvalue weighted by Crippen LogP contribution is 2.42. The molecule has 4 N–H and O–H groups in total. The fraction of sp³-hybridized carbons (Fsp3) is 0.407. The first kappa shape index (κ1) is 29.3. The van der Waals surface area contributed by atoms with Gasteiger partial charge in [-0.2, -0.15) is 13.2 Å². The highest BCUT2D eigenvalue weighted by atomic mass is 35.5. The van der Waals surface area contributed by atoms with Gasteiger partial charge in [-0.1, -0.05) is 11.6 Å². The summed E-state index contributed by atoms with van der Waals surface area (Å²) in [6.45, 7) is 2.06. The number of aliphatic carboxylic acids is 1. The number of phenolic OH excluding ortho intramolecular Hbond substituents is 1. The van der Waals surface area contributed by atoms with Crippen LogP contribution in [0.2, 0.25) is 5.02 Å². The maximum atomic E-state index is 13.5. The second-order valence-electron chi connectivity index (χ2n) is 9.64. The summed E-state index contributed by atoms with van der Waals surface area (Å²) < 4.78 is 40.6. The van der Waals surface area contributed by atoms with E-state index in [1.54, 1.807) is 0 Å². The molecule has 1 aliphatic heterocycles. The molecule has 7 nitrogen and oxygen atoms in total. The number of carbonyl (C=O) groups is 1. The number of phenols is 1. The minimum atomic E-state index is -4.62. The lowest BCUT2D eigenvalue weighted by molar-refractivity contribution is -0.143. The first-order valence-electron chi connectivity index (χ1n) is 12.5. The highest BCUT2D eigenvalue weighted by Gasteiger charge is 2.31. The quantitative estimate of drug-likeness (QED) is 0.242. The van der Waals surface area contributed by atoms with Crippen molar-refractivity contribution in [2.24, 2.45) is 5.92 Å². The Kier molecular flexibility index (Phi) is 9.15. The zero-order chi connectivity index (χ0) is 28.3. The van der Waals surface area contributed by atoms with Crippen molar-refractivity contribution < 1.29 is 33.3 Å². The number of aliphatic hydroxyl groups excluding tert-OH is 1. The average Bonchev–Trinajstić information content (AvgIpc) is 2.88. The van der Waals surface area contributed by atoms with Crippen molar-refractivity contribution in [3.05, 3.63) is 57.3 Å². The van der Waals surface area contributed by atoms with Crippen LogP contribution in [0.3, 0.4) is 0 Å². The van der Waals surface area contributed by atoms with E-state index >= 15 is 0 Å². The summed E-state index contributed by atoms with van der Waals surface area (Å²) in [6, 6.07) is 7.10. The van der Waals surface area contributed by atoms with Crippen LogP contribution in [0.4, 0.5) is 13.2 Å². The summed E-state index contributed by atoms with van der Waals surface area (Å²) >= 11 is 7.13. The van der Waals surface area contributed by atoms with Crippen molar-refractivity contribution in [1.29, 1.82) is 0 Å². The van der Waals surface area contributed by atoms with Crippen LogP contribution in [0.1, 0.15) is 31.2 Å². The van der Waals surface area contributed by atoms with E-state index in [0.717, 1.165) is 23.9 Å². The number of aliphatic hydroxyl groups is 1. The van der Waals surface area contributed by atoms with Crippen LogP contribution >= 0.6 is 23.4 Å². The number of halogens is 4. The van der Waals surface area contributed by atoms with Crippen LogP contribution in [-0.2, 0) is 11.0 Å². The van der Waals surface area contributed by atoms with E-state index in [4.69, 9.17) is 16.7 Å². The summed E-state index contributed by atoms with van der Waals surface area (Å²) in [5.74, 6) is -1.24. The van der Waals surface area contributed by atoms with Gasteiger partial charge in [0.1, 0.15) is 5.75 Å². The number of nitrogens with zero attached hydrogens (tertiary/aromatic N) is 1. The first-order chi connectivity index (χ1) is 18.4. The van der Waals surface area contributed by atoms with E-state index in [2.05, 4.69) is 9.88 Å². The van der Waals surface area contributed by atoms with Gasteiger partial charge < -0.3 is 25.2 Å². The van der Waals surface area contributed by atoms with Crippen molar-refractivity contribution in [2.45, 2.75) is 42.9 Å². The van der Waals surface area contributed by atoms with Crippen molar-refractivity contribution in [3.8, 4) is 16.9 Å². The molecule has 1 atom stereocenters. The third-order valence-electron chi connectivity index (χ3n) is 6.89. The van der Waals surface area contributed by atoms with Crippen LogP contribution in [0, 0.1) is 5.92 Å². The van der Waals surface area contributed by atoms with Crippen molar-refractivity contribution in [1.82, 2.24) is 9.88 Å². The van der Waals surface area contributed by atoms with Crippen molar-refractivity contribution in [2.75, 3.05) is 25.4 Å². The molecule has 1 unspecified atom stereocenters. The number of carboxylic acid groups (broad SMARTS) is 1. The van der Waals surface area contributed by atoms with Gasteiger partial charge in [0, 0.05) is 32.8 Å². The summed E-state index contributed by atoms with van der Waals surface area (Å²) in [6.07, 6.45) is -3.16. The fourth-order valence-corrected chi connectivity index (χ4v) is 6.03. The largest absolute Gasteiger partial charge is 0.507 e. The van der Waals surface area contributed by atoms with E-state index in [0.29, 0.717) is 45.3 Å². The van der Waals surface area contributed by atoms with Crippen LogP contribution in [0.5, 0.6) is 5.75 Å². The van der Waals surface area contributed by atoms with Crippen molar-refractivity contribution >= 4 is 40.2 Å². The Hall–Kier alpha value is -2.73. The molecule has 0 aliphatic carbocycles. The Morgan fingerprint density at radius 3 is 2.56 bits per heavy atom. The number of rotatable bonds is 9. The number of likely N-dealkylation sites (tertiary alicyclic amines) is 1. The number of nitrogens with one attached hydrogen (secondary N) is 1. The van der Waals surface area contributed by atoms with Gasteiger partial charge in [0.2, 0.25) is 0 Å². The molecule has 4 rings (SSSR count). The molecule has 210 valence electrons. The minimum absolute atomic E-state index is 0.0641. The molecule has 0 spiro atoms. The summed E-state index contributed by atoms with van der Waals surface area (Å²) in [7, 11) is 0. The number of alkyl halides is 3. The van der Waals surface area contributed by atoms with Gasteiger partial charge in [0.05, 0.1) is 22.5 Å². The minimum Gasteiger partial charge on any atom is -0.507 e. The van der Waals surface area contributed by atoms with Crippen molar-refractivity contribution in [3.63, 3.8) is 0 Å². The average molecular weight is 585 g/mol. The molecule has 0 radical (unpaired) electrons. The number of H-pyrrole nitrogens is 1. The Balaban J connectivity index is 1.55. The molecule has 1 saturated heterocycles. The van der Waals surface area contributed by atoms with Crippen LogP contribution in [-0.4, -0.2) is 62.7 Å². The first-order valence-corrected chi connectivity index (χ1v) is 13.8. The third-order valence-corrected chi connectivity index (χ3v) is 8.36. The molecule has 12 heteroatoms. The molecule has 0 bridgehead atoms. The zero-order valence-electron chi connectivity index (χ0n) is 20.8. The molecule has 1 fully saturated rings. The maximum Gasteiger partial charge on any atom is 0.416 e. The van der Waals surface area contributed by atoms with Gasteiger partial charge in [0.15, 0.2) is 0 Å². The number of aromatic hydroxyl groups is 1. The lowest BCUT2D eigenvalue weighted by Gasteiger charge is -2.30. The molecule has 39 heavy (non-hydrogen) atoms. The molecular formula is C27H28ClF3N2O5S. The second-order valence-corrected chi connectivity index (χ2v) is 11.1. The molecule has 2 aromatic carbocycles. The van der Waals surface area contributed by atoms with Gasteiger partial charge >= 0.3 is 12.1 Å². The predicted molar refractivity (Wildman–Crippen MR) is 144 cm³/mol. The molecule has 3 aromatic rings. The van der Waals surface area contributed by atoms with Gasteiger partial charge in [-0.15, -0.1) is 11.8 Å². The molecule has 2 heterocycles. The van der Waals surface area contributed by atoms with E-state index in [1.807, 2.05) is 0 Å². The molecule has 1 aromatic heterocycles. The Morgan fingerprint density at radius 2 is 1.90 bits per heavy atom. The van der Waals surface area contributed by atoms with Gasteiger partial charge in [-0.3, -0.25) is 9.59 Å². The molecular weight excluding hydrogens is 557 g/mol. The lowest BCUT2D eigenvalue weighted by Crippen LogP contribution is -2.37. The van der Waals surface area contributed by atoms with E-state index in [-0.39, 0.29) is 49.4 Å². The number of aromatic nitrogens is 1. The number of aromatic amines is 1. The predicted octanol–water partition coefficient (Wildman–Crippen LogP) is 5.60. The normalized spacial score (nSPS) is 16.0. The van der Waals surface area contributed by atoms with Gasteiger partial charge in [-0.05, 0) is 81.7 Å². The Morgan fingerprint density at radius 1 is 1.18 bits per heavy atom. The van der Waals surface area contributed by atoms with Gasteiger partial charge in [-0.25, -0.2) is 0 Å². The third kappa shape index (κ3) is 7.08. The van der Waals surface area contributed by atoms with E-state index in [9.17, 15) is 33.0 Å². The fourth-order valence-electron chi connectivity index (χ4n) is 4.78. The number of hydrogen-bond donors (Lipinski definition) is 4. The Labute approximate surface area is 231 Å². The molecule has 1 aliphatic rings. The maximum absolute atomic E-state index is 13.5. The van der Waals surface area contributed by atoms with E-state index < -0.39 is 29.4 Å². The van der Waals surface area contributed by atoms with Crippen LogP contribution in [0.25, 0.3) is 22.0 Å². The number of pyridine rings is 1. The SMILES string of the molecule is O=C(O)C1CCN(CCCC(O)CSc2c(-c3cc(Cl)ccc3O)c3cc(C(F)(F)F)ccc3[nH]c2=O)CC1. The molecule has 0 amide bonds. The summed E-state index contributed by atoms with van der Waals surface area (Å²) in [4.78, 5) is 29.0. The number of hydrogen-bond acceptors (Lipinski definition) is 6. The smallest absolute Gasteiger partial charge is 0.416 e. The standard InChI is InChI=1S/C27H28ClF3N2O5S/c28-17-4-6-22(35)20(13-17)23-19-12-16(27(29,30)31)3-5-21(19)32-25(36)24(23)39-14-18(34)2-1-9-33-10-7-15(8-11-33)26(37)38/h3-6,12-13,15,18,34-35H,1-2,7-11,14H2,(H,32,36)(H,37,38). The number of benzene rings is 2. The van der Waals surface area contributed by atoms with E-state index in [1.165, 1.54) is 24.3 Å². The molecule has 0 saturated carbocycles. The van der Waals surface area contributed by atoms with Crippen LogP contribution in [0.15, 0.2) is 46.1 Å². The summed E-state index contributed by atoms with van der Waals surface area (Å²) in [5, 5.41) is 30.6. The number of fused-ring (bicyclic) bond motifs is 1. The number of thioether (sulfide) groups is 1. The van der Waals surface area contributed by atoms with Crippen LogP contribution < -0.4 is 5.56 Å². The zero-order valence-corrected chi connectivity index (χ0v) is 22.4. The Bertz CT molecular complexity index is 1410. The summed E-state index contributed by atoms with van der Waals surface area (Å²) in [5.41, 5.74) is -1.08. The van der Waals surface area contributed by atoms with Gasteiger partial charge in [0.25, 0.3) is 5.56 Å². The second kappa shape index (κ2) is 12.2. The number of carboxylic acids is 1. The lowest BCUT2D eigenvalue weighted by atomic mass is 9.97. The monoisotopic (exact) mass is 584 g/mol. The highest BCUT2D eigenvalue weighted by molar-refractivity contribution is 7.99.